The van der Waals surface area contributed by atoms with Crippen molar-refractivity contribution in [2.75, 3.05) is 0 Å². The van der Waals surface area contributed by atoms with Gasteiger partial charge in [-0.3, -0.25) is 4.68 Å². The van der Waals surface area contributed by atoms with Crippen LogP contribution in [0.2, 0.25) is 5.02 Å². The van der Waals surface area contributed by atoms with E-state index in [4.69, 9.17) is 16.3 Å². The first-order valence-electron chi connectivity index (χ1n) is 6.66. The zero-order valence-corrected chi connectivity index (χ0v) is 13.2. The molecule has 1 aromatic rings. The third-order valence-corrected chi connectivity index (χ3v) is 4.12. The van der Waals surface area contributed by atoms with Gasteiger partial charge in [0.05, 0.1) is 28.1 Å². The van der Waals surface area contributed by atoms with Crippen molar-refractivity contribution in [3.8, 4) is 0 Å². The third-order valence-electron chi connectivity index (χ3n) is 3.84. The molecule has 2 heterocycles. The molecule has 1 N–H and O–H groups in total. The molecular weight excluding hydrogens is 264 g/mol. The van der Waals surface area contributed by atoms with Crippen LogP contribution in [0.3, 0.4) is 0 Å². The Labute approximate surface area is 119 Å². The predicted octanol–water partition coefficient (Wildman–Crippen LogP) is 3.28. The molecule has 0 aromatic carbocycles. The molecule has 0 saturated carbocycles. The molecule has 1 aromatic heterocycles. The number of aliphatic hydroxyl groups is 1. The lowest BCUT2D eigenvalue weighted by atomic mass is 9.79. The Morgan fingerprint density at radius 2 is 1.95 bits per heavy atom. The molecule has 19 heavy (non-hydrogen) atoms. The molecular formula is C14H23ClN2O2. The Hall–Kier alpha value is -0.580. The van der Waals surface area contributed by atoms with Crippen LogP contribution >= 0.6 is 11.6 Å². The minimum Gasteiger partial charge on any atom is -0.380 e. The molecule has 1 atom stereocenters. The fourth-order valence-electron chi connectivity index (χ4n) is 3.13. The predicted molar refractivity (Wildman–Crippen MR) is 75.4 cm³/mol. The van der Waals surface area contributed by atoms with Gasteiger partial charge in [-0.1, -0.05) is 11.6 Å². The average Bonchev–Trinajstić information content (AvgIpc) is 2.63. The molecule has 1 fully saturated rings. The van der Waals surface area contributed by atoms with E-state index in [1.807, 2.05) is 41.5 Å². The van der Waals surface area contributed by atoms with Crippen LogP contribution in [-0.2, 0) is 10.3 Å². The summed E-state index contributed by atoms with van der Waals surface area (Å²) in [5.41, 5.74) is -1.60. The minimum absolute atomic E-state index is 0.131. The molecule has 108 valence electrons. The summed E-state index contributed by atoms with van der Waals surface area (Å²) in [5, 5.41) is 16.0. The van der Waals surface area contributed by atoms with Gasteiger partial charge < -0.3 is 9.84 Å². The summed E-state index contributed by atoms with van der Waals surface area (Å²) in [6.07, 6.45) is 2.08. The van der Waals surface area contributed by atoms with E-state index < -0.39 is 16.8 Å². The first kappa shape index (κ1) is 14.8. The van der Waals surface area contributed by atoms with Crippen molar-refractivity contribution in [3.63, 3.8) is 0 Å². The summed E-state index contributed by atoms with van der Waals surface area (Å²) in [6.45, 7) is 11.8. The quantitative estimate of drug-likeness (QED) is 0.907. The smallest absolute Gasteiger partial charge is 0.139 e. The van der Waals surface area contributed by atoms with E-state index >= 15 is 0 Å². The van der Waals surface area contributed by atoms with Gasteiger partial charge in [-0.25, -0.2) is 0 Å². The molecule has 1 aliphatic heterocycles. The van der Waals surface area contributed by atoms with Crippen LogP contribution in [0.1, 0.15) is 59.7 Å². The Balaban J connectivity index is 2.60. The second kappa shape index (κ2) is 4.21. The summed E-state index contributed by atoms with van der Waals surface area (Å²) < 4.78 is 7.80. The minimum atomic E-state index is -1.14. The maximum atomic E-state index is 11.3. The van der Waals surface area contributed by atoms with Crippen molar-refractivity contribution in [2.45, 2.75) is 70.8 Å². The number of hydrogen-bond acceptors (Lipinski definition) is 3. The van der Waals surface area contributed by atoms with Gasteiger partial charge in [0.25, 0.3) is 0 Å². The summed E-state index contributed by atoms with van der Waals surface area (Å²) >= 11 is 6.28. The van der Waals surface area contributed by atoms with E-state index in [0.717, 1.165) is 0 Å². The molecule has 2 rings (SSSR count). The Bertz CT molecular complexity index is 494. The Morgan fingerprint density at radius 1 is 1.37 bits per heavy atom. The van der Waals surface area contributed by atoms with Gasteiger partial charge in [-0.15, -0.1) is 0 Å². The summed E-state index contributed by atoms with van der Waals surface area (Å²) in [4.78, 5) is 0. The fraction of sp³-hybridized carbons (Fsp3) is 0.786. The van der Waals surface area contributed by atoms with Crippen molar-refractivity contribution in [1.82, 2.24) is 9.78 Å². The molecule has 0 radical (unpaired) electrons. The number of hydrogen-bond donors (Lipinski definition) is 1. The molecule has 1 saturated heterocycles. The van der Waals surface area contributed by atoms with Gasteiger partial charge in [-0.05, 0) is 41.5 Å². The molecule has 1 unspecified atom stereocenters. The molecule has 0 spiro atoms. The molecule has 0 amide bonds. The van der Waals surface area contributed by atoms with Crippen LogP contribution in [0.25, 0.3) is 0 Å². The van der Waals surface area contributed by atoms with E-state index in [-0.39, 0.29) is 6.04 Å². The topological polar surface area (TPSA) is 47.3 Å². The van der Waals surface area contributed by atoms with E-state index in [9.17, 15) is 5.11 Å². The van der Waals surface area contributed by atoms with E-state index in [1.165, 1.54) is 0 Å². The van der Waals surface area contributed by atoms with Gasteiger partial charge >= 0.3 is 0 Å². The third kappa shape index (κ3) is 2.20. The monoisotopic (exact) mass is 286 g/mol. The molecule has 5 heteroatoms. The summed E-state index contributed by atoms with van der Waals surface area (Å²) in [6, 6.07) is 0.131. The van der Waals surface area contributed by atoms with Gasteiger partial charge in [0, 0.05) is 12.5 Å². The van der Waals surface area contributed by atoms with Gasteiger partial charge in [0.1, 0.15) is 5.60 Å². The number of aromatic nitrogens is 2. The van der Waals surface area contributed by atoms with Crippen LogP contribution < -0.4 is 0 Å². The maximum absolute atomic E-state index is 11.3. The molecule has 1 aliphatic rings. The zero-order valence-electron chi connectivity index (χ0n) is 12.5. The number of nitrogens with zero attached hydrogens (tertiary/aromatic N) is 2. The highest BCUT2D eigenvalue weighted by molar-refractivity contribution is 6.31. The van der Waals surface area contributed by atoms with Crippen LogP contribution in [-0.4, -0.2) is 26.1 Å². The highest BCUT2D eigenvalue weighted by atomic mass is 35.5. The lowest BCUT2D eigenvalue weighted by molar-refractivity contribution is -0.132. The van der Waals surface area contributed by atoms with Crippen molar-refractivity contribution < 1.29 is 9.84 Å². The number of rotatable bonds is 2. The first-order chi connectivity index (χ1) is 8.50. The SMILES string of the molecule is CC(C)n1ncc(Cl)c1C1(O)CC(C)(C)OC1(C)C. The first-order valence-corrected chi connectivity index (χ1v) is 7.04. The van der Waals surface area contributed by atoms with Crippen LogP contribution in [0.15, 0.2) is 6.20 Å². The fourth-order valence-corrected chi connectivity index (χ4v) is 3.42. The van der Waals surface area contributed by atoms with E-state index in [0.29, 0.717) is 17.1 Å². The second-order valence-corrected chi connectivity index (χ2v) is 7.20. The number of ether oxygens (including phenoxy) is 1. The lowest BCUT2D eigenvalue weighted by Crippen LogP contribution is -2.45. The largest absolute Gasteiger partial charge is 0.380 e. The van der Waals surface area contributed by atoms with Gasteiger partial charge in [0.2, 0.25) is 0 Å². The second-order valence-electron chi connectivity index (χ2n) is 6.79. The van der Waals surface area contributed by atoms with Crippen LogP contribution in [0.5, 0.6) is 0 Å². The molecule has 4 nitrogen and oxygen atoms in total. The Kier molecular flexibility index (Phi) is 3.28. The standard InChI is InChI=1S/C14H23ClN2O2/c1-9(2)17-11(10(15)7-16-17)14(18)8-12(3,4)19-13(14,5)6/h7,9,18H,8H2,1-6H3. The normalized spacial score (nSPS) is 29.1. The van der Waals surface area contributed by atoms with Gasteiger partial charge in [0.15, 0.2) is 0 Å². The van der Waals surface area contributed by atoms with Crippen LogP contribution in [0.4, 0.5) is 0 Å². The average molecular weight is 287 g/mol. The summed E-state index contributed by atoms with van der Waals surface area (Å²) in [7, 11) is 0. The van der Waals surface area contributed by atoms with E-state index in [2.05, 4.69) is 5.10 Å². The van der Waals surface area contributed by atoms with Crippen molar-refractivity contribution in [2.24, 2.45) is 0 Å². The van der Waals surface area contributed by atoms with Crippen molar-refractivity contribution in [1.29, 1.82) is 0 Å². The molecule has 0 aliphatic carbocycles. The van der Waals surface area contributed by atoms with E-state index in [1.54, 1.807) is 10.9 Å². The van der Waals surface area contributed by atoms with Crippen LogP contribution in [0, 0.1) is 0 Å². The van der Waals surface area contributed by atoms with Crippen molar-refractivity contribution in [3.05, 3.63) is 16.9 Å². The highest BCUT2D eigenvalue weighted by Crippen LogP contribution is 2.52. The van der Waals surface area contributed by atoms with Crippen molar-refractivity contribution >= 4 is 11.6 Å². The summed E-state index contributed by atoms with van der Waals surface area (Å²) in [5.74, 6) is 0. The number of halogens is 1. The lowest BCUT2D eigenvalue weighted by Gasteiger charge is -2.36. The molecule has 0 bridgehead atoms. The maximum Gasteiger partial charge on any atom is 0.139 e. The van der Waals surface area contributed by atoms with Gasteiger partial charge in [-0.2, -0.15) is 5.10 Å². The zero-order chi connectivity index (χ0) is 14.6. The Morgan fingerprint density at radius 3 is 2.37 bits per heavy atom. The highest BCUT2D eigenvalue weighted by Gasteiger charge is 2.59.